The van der Waals surface area contributed by atoms with E-state index in [1.807, 2.05) is 13.8 Å². The fourth-order valence-corrected chi connectivity index (χ4v) is 2.51. The number of azo groups is 1. The molecule has 116 valence electrons. The predicted molar refractivity (Wildman–Crippen MR) is 83.0 cm³/mol. The first kappa shape index (κ1) is 16.3. The molecule has 0 aromatic heterocycles. The molecule has 7 nitrogen and oxygen atoms in total. The zero-order valence-corrected chi connectivity index (χ0v) is 13.6. The molecule has 0 saturated heterocycles. The number of allylic oxidation sites excluding steroid dienone is 2. The van der Waals surface area contributed by atoms with Crippen molar-refractivity contribution in [1.29, 1.82) is 0 Å². The number of ketones is 1. The SMILES string of the molecule is CC1(C)CC(=O)C(N=Nc2cc([N+](=O)[O-])ccc2Br)=C(O)C1. The van der Waals surface area contributed by atoms with E-state index in [-0.39, 0.29) is 40.5 Å². The first-order valence-corrected chi connectivity index (χ1v) is 7.30. The maximum absolute atomic E-state index is 12.0. The van der Waals surface area contributed by atoms with E-state index in [0.717, 1.165) is 0 Å². The minimum Gasteiger partial charge on any atom is -0.510 e. The quantitative estimate of drug-likeness (QED) is 0.478. The summed E-state index contributed by atoms with van der Waals surface area (Å²) in [5, 5.41) is 28.4. The summed E-state index contributed by atoms with van der Waals surface area (Å²) in [7, 11) is 0. The molecule has 0 heterocycles. The van der Waals surface area contributed by atoms with Gasteiger partial charge in [0.15, 0.2) is 11.5 Å². The van der Waals surface area contributed by atoms with Gasteiger partial charge >= 0.3 is 0 Å². The number of carbonyl (C=O) groups is 1. The average molecular weight is 368 g/mol. The van der Waals surface area contributed by atoms with Crippen molar-refractivity contribution in [2.24, 2.45) is 15.6 Å². The molecule has 0 fully saturated rings. The highest BCUT2D eigenvalue weighted by molar-refractivity contribution is 9.10. The van der Waals surface area contributed by atoms with Crippen LogP contribution in [0.25, 0.3) is 0 Å². The lowest BCUT2D eigenvalue weighted by atomic mass is 9.78. The molecule has 0 spiro atoms. The number of aliphatic hydroxyl groups is 1. The molecule has 1 N–H and O–H groups in total. The highest BCUT2D eigenvalue weighted by Gasteiger charge is 2.33. The molecular formula is C14H14BrN3O4. The number of rotatable bonds is 3. The molecule has 1 aliphatic carbocycles. The van der Waals surface area contributed by atoms with E-state index < -0.39 is 4.92 Å². The summed E-state index contributed by atoms with van der Waals surface area (Å²) in [6, 6.07) is 4.04. The zero-order valence-electron chi connectivity index (χ0n) is 12.0. The Morgan fingerprint density at radius 3 is 2.59 bits per heavy atom. The van der Waals surface area contributed by atoms with Gasteiger partial charge in [-0.15, -0.1) is 10.2 Å². The predicted octanol–water partition coefficient (Wildman–Crippen LogP) is 4.60. The molecular weight excluding hydrogens is 354 g/mol. The molecule has 0 aliphatic heterocycles. The fraction of sp³-hybridized carbons (Fsp3) is 0.357. The number of halogens is 1. The van der Waals surface area contributed by atoms with Gasteiger partial charge in [0.2, 0.25) is 0 Å². The number of carbonyl (C=O) groups excluding carboxylic acids is 1. The average Bonchev–Trinajstić information content (AvgIpc) is 2.38. The van der Waals surface area contributed by atoms with Gasteiger partial charge in [-0.3, -0.25) is 14.9 Å². The Morgan fingerprint density at radius 2 is 2.00 bits per heavy atom. The molecule has 2 rings (SSSR count). The number of nitro groups is 1. The van der Waals surface area contributed by atoms with Crippen LogP contribution in [-0.2, 0) is 4.79 Å². The van der Waals surface area contributed by atoms with Crippen molar-refractivity contribution in [1.82, 2.24) is 0 Å². The second-order valence-electron chi connectivity index (χ2n) is 5.83. The van der Waals surface area contributed by atoms with Crippen molar-refractivity contribution in [3.05, 3.63) is 44.2 Å². The molecule has 8 heteroatoms. The minimum absolute atomic E-state index is 0.0854. The summed E-state index contributed by atoms with van der Waals surface area (Å²) in [5.74, 6) is -0.398. The van der Waals surface area contributed by atoms with Crippen molar-refractivity contribution in [2.75, 3.05) is 0 Å². The van der Waals surface area contributed by atoms with Gasteiger partial charge in [-0.05, 0) is 27.4 Å². The second kappa shape index (κ2) is 5.96. The molecule has 0 amide bonds. The van der Waals surface area contributed by atoms with Gasteiger partial charge < -0.3 is 5.11 Å². The van der Waals surface area contributed by atoms with Crippen LogP contribution in [0.2, 0.25) is 0 Å². The summed E-state index contributed by atoms with van der Waals surface area (Å²) in [5.41, 5.74) is -0.317. The Balaban J connectivity index is 2.34. The molecule has 1 aromatic carbocycles. The Bertz CT molecular complexity index is 710. The Hall–Kier alpha value is -2.09. The van der Waals surface area contributed by atoms with Crippen LogP contribution in [-0.4, -0.2) is 15.8 Å². The van der Waals surface area contributed by atoms with E-state index in [4.69, 9.17) is 0 Å². The molecule has 0 saturated carbocycles. The number of aliphatic hydroxyl groups excluding tert-OH is 1. The third kappa shape index (κ3) is 3.56. The van der Waals surface area contributed by atoms with E-state index in [2.05, 4.69) is 26.2 Å². The number of Topliss-reactive ketones (excluding diaryl/α,β-unsaturated/α-hetero) is 1. The van der Waals surface area contributed by atoms with Crippen molar-refractivity contribution >= 4 is 33.1 Å². The first-order valence-electron chi connectivity index (χ1n) is 6.50. The highest BCUT2D eigenvalue weighted by Crippen LogP contribution is 2.37. The van der Waals surface area contributed by atoms with E-state index in [0.29, 0.717) is 10.9 Å². The number of benzene rings is 1. The van der Waals surface area contributed by atoms with Crippen LogP contribution < -0.4 is 0 Å². The summed E-state index contributed by atoms with van der Waals surface area (Å²) >= 11 is 3.21. The Labute approximate surface area is 135 Å². The molecule has 0 bridgehead atoms. The van der Waals surface area contributed by atoms with Crippen LogP contribution >= 0.6 is 15.9 Å². The molecule has 0 atom stereocenters. The maximum atomic E-state index is 12.0. The summed E-state index contributed by atoms with van der Waals surface area (Å²) < 4.78 is 0.505. The van der Waals surface area contributed by atoms with Gasteiger partial charge in [-0.25, -0.2) is 0 Å². The fourth-order valence-electron chi connectivity index (χ4n) is 2.19. The van der Waals surface area contributed by atoms with Crippen LogP contribution in [0.1, 0.15) is 26.7 Å². The third-order valence-electron chi connectivity index (χ3n) is 3.22. The normalized spacial score (nSPS) is 18.0. The number of non-ortho nitro benzene ring substituents is 1. The first-order chi connectivity index (χ1) is 10.2. The molecule has 0 unspecified atom stereocenters. The summed E-state index contributed by atoms with van der Waals surface area (Å²) in [6.07, 6.45) is 0.602. The summed E-state index contributed by atoms with van der Waals surface area (Å²) in [6.45, 7) is 3.76. The van der Waals surface area contributed by atoms with Gasteiger partial charge in [0.1, 0.15) is 11.4 Å². The third-order valence-corrected chi connectivity index (χ3v) is 3.89. The van der Waals surface area contributed by atoms with Crippen LogP contribution in [0, 0.1) is 15.5 Å². The molecule has 0 radical (unpaired) electrons. The number of hydrogen-bond acceptors (Lipinski definition) is 6. The van der Waals surface area contributed by atoms with E-state index in [1.54, 1.807) is 0 Å². The van der Waals surface area contributed by atoms with Crippen LogP contribution in [0.5, 0.6) is 0 Å². The van der Waals surface area contributed by atoms with Gasteiger partial charge in [-0.2, -0.15) is 0 Å². The van der Waals surface area contributed by atoms with Crippen molar-refractivity contribution < 1.29 is 14.8 Å². The molecule has 22 heavy (non-hydrogen) atoms. The van der Waals surface area contributed by atoms with Gasteiger partial charge in [0.25, 0.3) is 5.69 Å². The topological polar surface area (TPSA) is 105 Å². The second-order valence-corrected chi connectivity index (χ2v) is 6.68. The lowest BCUT2D eigenvalue weighted by Crippen LogP contribution is -2.25. The van der Waals surface area contributed by atoms with Crippen LogP contribution in [0.15, 0.2) is 44.4 Å². The minimum atomic E-state index is -0.545. The molecule has 1 aromatic rings. The van der Waals surface area contributed by atoms with Crippen molar-refractivity contribution in [2.45, 2.75) is 26.7 Å². The number of hydrogen-bond donors (Lipinski definition) is 1. The number of nitro benzene ring substituents is 1. The van der Waals surface area contributed by atoms with E-state index in [1.165, 1.54) is 18.2 Å². The van der Waals surface area contributed by atoms with Gasteiger partial charge in [0.05, 0.1) is 4.92 Å². The van der Waals surface area contributed by atoms with Crippen LogP contribution in [0.4, 0.5) is 11.4 Å². The lowest BCUT2D eigenvalue weighted by molar-refractivity contribution is -0.384. The standard InChI is InChI=1S/C14H14BrN3O4/c1-14(2)6-11(19)13(12(20)7-14)17-16-10-5-8(18(21)22)3-4-9(10)15/h3-5,19H,6-7H2,1-2H3. The Morgan fingerprint density at radius 1 is 1.32 bits per heavy atom. The smallest absolute Gasteiger partial charge is 0.271 e. The zero-order chi connectivity index (χ0) is 16.5. The number of nitrogens with zero attached hydrogens (tertiary/aromatic N) is 3. The van der Waals surface area contributed by atoms with E-state index in [9.17, 15) is 20.0 Å². The van der Waals surface area contributed by atoms with Crippen molar-refractivity contribution in [3.8, 4) is 0 Å². The van der Waals surface area contributed by atoms with E-state index >= 15 is 0 Å². The molecule has 1 aliphatic rings. The van der Waals surface area contributed by atoms with Gasteiger partial charge in [-0.1, -0.05) is 13.8 Å². The lowest BCUT2D eigenvalue weighted by Gasteiger charge is -2.27. The maximum Gasteiger partial charge on any atom is 0.271 e. The Kier molecular flexibility index (Phi) is 4.41. The summed E-state index contributed by atoms with van der Waals surface area (Å²) in [4.78, 5) is 22.2. The monoisotopic (exact) mass is 367 g/mol. The van der Waals surface area contributed by atoms with Crippen molar-refractivity contribution in [3.63, 3.8) is 0 Å². The van der Waals surface area contributed by atoms with Crippen LogP contribution in [0.3, 0.4) is 0 Å². The largest absolute Gasteiger partial charge is 0.510 e. The highest BCUT2D eigenvalue weighted by atomic mass is 79.9. The van der Waals surface area contributed by atoms with Gasteiger partial charge in [0, 0.05) is 29.4 Å².